The van der Waals surface area contributed by atoms with Crippen LogP contribution >= 0.6 is 0 Å². The number of hydrogen-bond acceptors (Lipinski definition) is 3. The van der Waals surface area contributed by atoms with Gasteiger partial charge in [0.05, 0.1) is 23.7 Å². The van der Waals surface area contributed by atoms with Crippen molar-refractivity contribution in [3.8, 4) is 17.1 Å². The van der Waals surface area contributed by atoms with Gasteiger partial charge in [0.2, 0.25) is 0 Å². The molecular formula is C16H15F2N3O. The molecule has 3 aromatic rings. The van der Waals surface area contributed by atoms with E-state index < -0.39 is 11.6 Å². The second-order valence-electron chi connectivity index (χ2n) is 4.83. The molecule has 0 unspecified atom stereocenters. The Morgan fingerprint density at radius 3 is 2.64 bits per heavy atom. The van der Waals surface area contributed by atoms with E-state index in [0.29, 0.717) is 35.7 Å². The van der Waals surface area contributed by atoms with Crippen molar-refractivity contribution in [2.75, 3.05) is 13.7 Å². The lowest BCUT2D eigenvalue weighted by atomic mass is 10.2. The number of nitrogens with two attached hydrogens (primary N) is 1. The minimum Gasteiger partial charge on any atom is -0.496 e. The normalized spacial score (nSPS) is 11.1. The van der Waals surface area contributed by atoms with Crippen molar-refractivity contribution in [3.05, 3.63) is 48.0 Å². The zero-order valence-corrected chi connectivity index (χ0v) is 12.0. The summed E-state index contributed by atoms with van der Waals surface area (Å²) in [5.41, 5.74) is 7.28. The summed E-state index contributed by atoms with van der Waals surface area (Å²) in [6.07, 6.45) is 0. The summed E-state index contributed by atoms with van der Waals surface area (Å²) in [5.74, 6) is -0.617. The minimum absolute atomic E-state index is 0.354. The van der Waals surface area contributed by atoms with Crippen LogP contribution in [0.15, 0.2) is 36.4 Å². The molecule has 0 saturated heterocycles. The SMILES string of the molecule is COc1ccccc1-c1nc2cc(F)c(F)cc2n1CCN. The molecule has 0 atom stereocenters. The molecular weight excluding hydrogens is 288 g/mol. The van der Waals surface area contributed by atoms with Crippen LogP contribution in [0.2, 0.25) is 0 Å². The molecule has 2 aromatic carbocycles. The number of nitrogens with zero attached hydrogens (tertiary/aromatic N) is 2. The molecule has 0 radical (unpaired) electrons. The van der Waals surface area contributed by atoms with Gasteiger partial charge in [-0.25, -0.2) is 13.8 Å². The van der Waals surface area contributed by atoms with Gasteiger partial charge in [0.25, 0.3) is 0 Å². The molecule has 0 fully saturated rings. The number of imidazole rings is 1. The minimum atomic E-state index is -0.920. The predicted octanol–water partition coefficient (Wildman–Crippen LogP) is 2.95. The lowest BCUT2D eigenvalue weighted by molar-refractivity contribution is 0.416. The third-order valence-corrected chi connectivity index (χ3v) is 3.49. The number of methoxy groups -OCH3 is 1. The number of benzene rings is 2. The van der Waals surface area contributed by atoms with Crippen LogP contribution in [0.5, 0.6) is 5.75 Å². The van der Waals surface area contributed by atoms with Crippen LogP contribution in [-0.2, 0) is 6.54 Å². The smallest absolute Gasteiger partial charge is 0.161 e. The highest BCUT2D eigenvalue weighted by molar-refractivity contribution is 5.82. The topological polar surface area (TPSA) is 53.1 Å². The van der Waals surface area contributed by atoms with Crippen molar-refractivity contribution >= 4 is 11.0 Å². The number of aromatic nitrogens is 2. The van der Waals surface area contributed by atoms with Crippen molar-refractivity contribution in [2.45, 2.75) is 6.54 Å². The maximum atomic E-state index is 13.6. The molecule has 6 heteroatoms. The van der Waals surface area contributed by atoms with E-state index in [-0.39, 0.29) is 0 Å². The molecule has 0 aliphatic carbocycles. The van der Waals surface area contributed by atoms with Crippen LogP contribution in [0.1, 0.15) is 0 Å². The Bertz CT molecular complexity index is 830. The highest BCUT2D eigenvalue weighted by atomic mass is 19.2. The van der Waals surface area contributed by atoms with Gasteiger partial charge in [0, 0.05) is 25.2 Å². The first-order chi connectivity index (χ1) is 10.7. The highest BCUT2D eigenvalue weighted by Crippen LogP contribution is 2.32. The van der Waals surface area contributed by atoms with E-state index in [1.165, 1.54) is 0 Å². The fourth-order valence-corrected chi connectivity index (χ4v) is 2.51. The molecule has 2 N–H and O–H groups in total. The lowest BCUT2D eigenvalue weighted by Gasteiger charge is -2.11. The molecule has 0 aliphatic rings. The number of fused-ring (bicyclic) bond motifs is 1. The number of halogens is 2. The summed E-state index contributed by atoms with van der Waals surface area (Å²) < 4.78 is 34.1. The largest absolute Gasteiger partial charge is 0.496 e. The van der Waals surface area contributed by atoms with Gasteiger partial charge in [0.15, 0.2) is 11.6 Å². The molecule has 22 heavy (non-hydrogen) atoms. The molecule has 0 bridgehead atoms. The Morgan fingerprint density at radius 1 is 1.18 bits per heavy atom. The Morgan fingerprint density at radius 2 is 1.91 bits per heavy atom. The Kier molecular flexibility index (Phi) is 3.77. The number of rotatable bonds is 4. The molecule has 0 aliphatic heterocycles. The van der Waals surface area contributed by atoms with Crippen molar-refractivity contribution in [2.24, 2.45) is 5.73 Å². The van der Waals surface area contributed by atoms with E-state index in [1.54, 1.807) is 11.7 Å². The van der Waals surface area contributed by atoms with Crippen molar-refractivity contribution in [3.63, 3.8) is 0 Å². The molecule has 114 valence electrons. The Hall–Kier alpha value is -2.47. The van der Waals surface area contributed by atoms with Gasteiger partial charge in [-0.05, 0) is 12.1 Å². The highest BCUT2D eigenvalue weighted by Gasteiger charge is 2.17. The summed E-state index contributed by atoms with van der Waals surface area (Å²) in [7, 11) is 1.56. The summed E-state index contributed by atoms with van der Waals surface area (Å²) in [6.45, 7) is 0.793. The monoisotopic (exact) mass is 303 g/mol. The molecule has 0 saturated carbocycles. The van der Waals surface area contributed by atoms with Gasteiger partial charge in [-0.2, -0.15) is 0 Å². The fourth-order valence-electron chi connectivity index (χ4n) is 2.51. The Balaban J connectivity index is 2.31. The molecule has 0 spiro atoms. The van der Waals surface area contributed by atoms with Gasteiger partial charge >= 0.3 is 0 Å². The molecule has 3 rings (SSSR count). The van der Waals surface area contributed by atoms with Gasteiger partial charge in [-0.1, -0.05) is 12.1 Å². The van der Waals surface area contributed by atoms with E-state index in [9.17, 15) is 8.78 Å². The maximum absolute atomic E-state index is 13.6. The van der Waals surface area contributed by atoms with E-state index in [2.05, 4.69) is 4.98 Å². The number of ether oxygens (including phenoxy) is 1. The molecule has 1 aromatic heterocycles. The van der Waals surface area contributed by atoms with Gasteiger partial charge in [-0.3, -0.25) is 0 Å². The standard InChI is InChI=1S/C16H15F2N3O/c1-22-15-5-3-2-4-10(15)16-20-13-8-11(17)12(18)9-14(13)21(16)7-6-19/h2-5,8-9H,6-7,19H2,1H3. The second-order valence-corrected chi connectivity index (χ2v) is 4.83. The number of hydrogen-bond donors (Lipinski definition) is 1. The molecule has 4 nitrogen and oxygen atoms in total. The van der Waals surface area contributed by atoms with E-state index >= 15 is 0 Å². The van der Waals surface area contributed by atoms with Crippen molar-refractivity contribution < 1.29 is 13.5 Å². The van der Waals surface area contributed by atoms with E-state index in [1.807, 2.05) is 24.3 Å². The Labute approximate surface area is 126 Å². The van der Waals surface area contributed by atoms with Crippen molar-refractivity contribution in [1.29, 1.82) is 0 Å². The molecule has 1 heterocycles. The average Bonchev–Trinajstić information content (AvgIpc) is 2.86. The summed E-state index contributed by atoms with van der Waals surface area (Å²) in [5, 5.41) is 0. The van der Waals surface area contributed by atoms with Gasteiger partial charge < -0.3 is 15.0 Å². The summed E-state index contributed by atoms with van der Waals surface area (Å²) in [6, 6.07) is 9.59. The predicted molar refractivity (Wildman–Crippen MR) is 80.7 cm³/mol. The molecule has 0 amide bonds. The van der Waals surface area contributed by atoms with E-state index in [4.69, 9.17) is 10.5 Å². The first-order valence-corrected chi connectivity index (χ1v) is 6.84. The first kappa shape index (κ1) is 14.5. The second kappa shape index (κ2) is 5.73. The van der Waals surface area contributed by atoms with Crippen LogP contribution in [0.4, 0.5) is 8.78 Å². The summed E-state index contributed by atoms with van der Waals surface area (Å²) >= 11 is 0. The van der Waals surface area contributed by atoms with Crippen molar-refractivity contribution in [1.82, 2.24) is 9.55 Å². The van der Waals surface area contributed by atoms with Gasteiger partial charge in [0.1, 0.15) is 11.6 Å². The maximum Gasteiger partial charge on any atom is 0.161 e. The van der Waals surface area contributed by atoms with Crippen LogP contribution in [-0.4, -0.2) is 23.2 Å². The van der Waals surface area contributed by atoms with Crippen LogP contribution in [0.25, 0.3) is 22.4 Å². The van der Waals surface area contributed by atoms with Crippen LogP contribution < -0.4 is 10.5 Å². The third kappa shape index (κ3) is 2.31. The first-order valence-electron chi connectivity index (χ1n) is 6.84. The lowest BCUT2D eigenvalue weighted by Crippen LogP contribution is -2.11. The van der Waals surface area contributed by atoms with Crippen LogP contribution in [0.3, 0.4) is 0 Å². The van der Waals surface area contributed by atoms with Crippen LogP contribution in [0, 0.1) is 11.6 Å². The zero-order chi connectivity index (χ0) is 15.7. The third-order valence-electron chi connectivity index (χ3n) is 3.49. The van der Waals surface area contributed by atoms with E-state index in [0.717, 1.165) is 17.7 Å². The number of para-hydroxylation sites is 1. The quantitative estimate of drug-likeness (QED) is 0.806. The van der Waals surface area contributed by atoms with Gasteiger partial charge in [-0.15, -0.1) is 0 Å². The average molecular weight is 303 g/mol. The fraction of sp³-hybridized carbons (Fsp3) is 0.188. The zero-order valence-electron chi connectivity index (χ0n) is 12.0. The summed E-state index contributed by atoms with van der Waals surface area (Å²) in [4.78, 5) is 4.43.